The van der Waals surface area contributed by atoms with Gasteiger partial charge in [0.1, 0.15) is 23.0 Å². The van der Waals surface area contributed by atoms with E-state index in [4.69, 9.17) is 4.74 Å². The molecule has 0 fully saturated rings. The summed E-state index contributed by atoms with van der Waals surface area (Å²) in [5, 5.41) is 9.36. The number of aromatic amines is 1. The molecule has 2 aromatic carbocycles. The van der Waals surface area contributed by atoms with Crippen LogP contribution in [-0.2, 0) is 6.54 Å². The molecule has 1 aliphatic rings. The minimum absolute atomic E-state index is 0.0531. The van der Waals surface area contributed by atoms with Crippen molar-refractivity contribution in [2.45, 2.75) is 38.5 Å². The smallest absolute Gasteiger partial charge is 0.125 e. The lowest BCUT2D eigenvalue weighted by Crippen LogP contribution is -2.41. The molecule has 0 amide bonds. The molecule has 0 saturated carbocycles. The van der Waals surface area contributed by atoms with Gasteiger partial charge in [-0.25, -0.2) is 9.37 Å². The predicted octanol–water partition coefficient (Wildman–Crippen LogP) is 4.73. The van der Waals surface area contributed by atoms with E-state index in [9.17, 15) is 9.65 Å². The fourth-order valence-electron chi connectivity index (χ4n) is 3.72. The molecular formula is C22H21FN4O. The number of nitrogens with zero attached hydrogens (tertiary/aromatic N) is 3. The van der Waals surface area contributed by atoms with Crippen LogP contribution >= 0.6 is 0 Å². The number of rotatable bonds is 4. The van der Waals surface area contributed by atoms with Gasteiger partial charge >= 0.3 is 0 Å². The molecule has 4 rings (SSSR count). The van der Waals surface area contributed by atoms with Crippen LogP contribution in [0.15, 0.2) is 54.9 Å². The molecule has 28 heavy (non-hydrogen) atoms. The highest BCUT2D eigenvalue weighted by atomic mass is 19.1. The van der Waals surface area contributed by atoms with Gasteiger partial charge in [0.25, 0.3) is 0 Å². The monoisotopic (exact) mass is 376 g/mol. The summed E-state index contributed by atoms with van der Waals surface area (Å²) in [6.45, 7) is 4.63. The Hall–Kier alpha value is -3.33. The molecule has 1 aromatic heterocycles. The minimum atomic E-state index is -0.382. The molecule has 0 radical (unpaired) electrons. The highest BCUT2D eigenvalue weighted by Gasteiger charge is 2.37. The predicted molar refractivity (Wildman–Crippen MR) is 104 cm³/mol. The van der Waals surface area contributed by atoms with Gasteiger partial charge in [-0.2, -0.15) is 5.26 Å². The van der Waals surface area contributed by atoms with Gasteiger partial charge in [-0.1, -0.05) is 0 Å². The highest BCUT2D eigenvalue weighted by molar-refractivity contribution is 5.54. The summed E-state index contributed by atoms with van der Waals surface area (Å²) in [5.41, 5.74) is 2.04. The normalized spacial score (nSPS) is 17.3. The Morgan fingerprint density at radius 2 is 2.07 bits per heavy atom. The van der Waals surface area contributed by atoms with Crippen molar-refractivity contribution in [1.29, 1.82) is 5.26 Å². The van der Waals surface area contributed by atoms with Crippen LogP contribution in [0.4, 0.5) is 10.1 Å². The fraction of sp³-hybridized carbons (Fsp3) is 0.273. The van der Waals surface area contributed by atoms with Crippen LogP contribution in [0.1, 0.15) is 43.3 Å². The van der Waals surface area contributed by atoms with Gasteiger partial charge < -0.3 is 14.6 Å². The number of ether oxygens (including phenoxy) is 1. The third-order valence-corrected chi connectivity index (χ3v) is 4.98. The number of H-pyrrole nitrogens is 1. The number of nitriles is 1. The maximum atomic E-state index is 13.5. The average molecular weight is 376 g/mol. The number of hydrogen-bond donors (Lipinski definition) is 1. The number of benzene rings is 2. The Bertz CT molecular complexity index is 1010. The van der Waals surface area contributed by atoms with Crippen LogP contribution in [0.3, 0.4) is 0 Å². The van der Waals surface area contributed by atoms with Crippen LogP contribution in [0, 0.1) is 17.1 Å². The van der Waals surface area contributed by atoms with E-state index in [0.29, 0.717) is 18.5 Å². The zero-order chi connectivity index (χ0) is 19.7. The van der Waals surface area contributed by atoms with E-state index in [1.54, 1.807) is 30.6 Å². The molecule has 2 heterocycles. The molecular weight excluding hydrogens is 355 g/mol. The second-order valence-corrected chi connectivity index (χ2v) is 7.59. The largest absolute Gasteiger partial charge is 0.487 e. The van der Waals surface area contributed by atoms with Crippen LogP contribution in [-0.4, -0.2) is 15.6 Å². The van der Waals surface area contributed by atoms with Crippen molar-refractivity contribution < 1.29 is 9.13 Å². The van der Waals surface area contributed by atoms with Crippen LogP contribution in [0.2, 0.25) is 0 Å². The first-order chi connectivity index (χ1) is 13.4. The van der Waals surface area contributed by atoms with E-state index in [0.717, 1.165) is 22.8 Å². The first-order valence-electron chi connectivity index (χ1n) is 9.19. The van der Waals surface area contributed by atoms with Crippen molar-refractivity contribution in [3.8, 4) is 11.8 Å². The quantitative estimate of drug-likeness (QED) is 0.715. The molecule has 0 bridgehead atoms. The first kappa shape index (κ1) is 18.1. The van der Waals surface area contributed by atoms with Gasteiger partial charge in [0.2, 0.25) is 0 Å². The summed E-state index contributed by atoms with van der Waals surface area (Å²) in [5.74, 6) is 1.31. The third kappa shape index (κ3) is 3.56. The summed E-state index contributed by atoms with van der Waals surface area (Å²) in [6.07, 6.45) is 4.22. The molecule has 0 aliphatic carbocycles. The van der Waals surface area contributed by atoms with Crippen molar-refractivity contribution in [2.24, 2.45) is 0 Å². The summed E-state index contributed by atoms with van der Waals surface area (Å²) < 4.78 is 19.7. The average Bonchev–Trinajstić information content (AvgIpc) is 3.19. The first-order valence-corrected chi connectivity index (χ1v) is 9.19. The number of halogens is 1. The summed E-state index contributed by atoms with van der Waals surface area (Å²) in [4.78, 5) is 9.69. The van der Waals surface area contributed by atoms with E-state index in [-0.39, 0.29) is 17.5 Å². The van der Waals surface area contributed by atoms with Gasteiger partial charge in [0.15, 0.2) is 0 Å². The van der Waals surface area contributed by atoms with Crippen LogP contribution < -0.4 is 9.64 Å². The molecule has 5 nitrogen and oxygen atoms in total. The molecule has 1 unspecified atom stereocenters. The summed E-state index contributed by atoms with van der Waals surface area (Å²) in [6, 6.07) is 14.1. The van der Waals surface area contributed by atoms with E-state index >= 15 is 0 Å². The molecule has 1 N–H and O–H groups in total. The Balaban J connectivity index is 1.83. The second kappa shape index (κ2) is 7.01. The molecule has 142 valence electrons. The maximum Gasteiger partial charge on any atom is 0.125 e. The third-order valence-electron chi connectivity index (χ3n) is 4.98. The van der Waals surface area contributed by atoms with E-state index in [2.05, 4.69) is 34.8 Å². The Labute approximate surface area is 163 Å². The van der Waals surface area contributed by atoms with Crippen molar-refractivity contribution in [2.75, 3.05) is 4.90 Å². The zero-order valence-corrected chi connectivity index (χ0v) is 15.8. The lowest BCUT2D eigenvalue weighted by molar-refractivity contribution is 0.0708. The van der Waals surface area contributed by atoms with Crippen molar-refractivity contribution in [1.82, 2.24) is 9.97 Å². The highest BCUT2D eigenvalue weighted by Crippen LogP contribution is 2.44. The standard InChI is InChI=1S/C22H21FN4O/c1-22(2)12-19(18-11-15(13-24)3-8-20(18)28-22)27(14-21-25-9-10-26-21)17-6-4-16(23)5-7-17/h3-11,19H,12,14H2,1-2H3,(H,25,26). The van der Waals surface area contributed by atoms with Gasteiger partial charge in [0.05, 0.1) is 24.2 Å². The van der Waals surface area contributed by atoms with Gasteiger partial charge in [-0.15, -0.1) is 0 Å². The minimum Gasteiger partial charge on any atom is -0.487 e. The second-order valence-electron chi connectivity index (χ2n) is 7.59. The lowest BCUT2D eigenvalue weighted by Gasteiger charge is -2.43. The van der Waals surface area contributed by atoms with Gasteiger partial charge in [-0.05, 0) is 56.3 Å². The Kier molecular flexibility index (Phi) is 4.52. The maximum absolute atomic E-state index is 13.5. The van der Waals surface area contributed by atoms with Crippen LogP contribution in [0.25, 0.3) is 0 Å². The molecule has 3 aromatic rings. The van der Waals surface area contributed by atoms with E-state index in [1.165, 1.54) is 12.1 Å². The van der Waals surface area contributed by atoms with Crippen molar-refractivity contribution in [3.05, 3.63) is 77.6 Å². The Morgan fingerprint density at radius 1 is 1.29 bits per heavy atom. The molecule has 1 atom stereocenters. The van der Waals surface area contributed by atoms with Crippen molar-refractivity contribution >= 4 is 5.69 Å². The molecule has 1 aliphatic heterocycles. The number of aromatic nitrogens is 2. The molecule has 0 saturated heterocycles. The van der Waals surface area contributed by atoms with E-state index in [1.807, 2.05) is 12.1 Å². The van der Waals surface area contributed by atoms with Crippen molar-refractivity contribution in [3.63, 3.8) is 0 Å². The lowest BCUT2D eigenvalue weighted by atomic mass is 9.87. The molecule has 6 heteroatoms. The van der Waals surface area contributed by atoms with Gasteiger partial charge in [-0.3, -0.25) is 0 Å². The van der Waals surface area contributed by atoms with E-state index < -0.39 is 0 Å². The molecule has 0 spiro atoms. The van der Waals surface area contributed by atoms with Gasteiger partial charge in [0, 0.05) is 30.1 Å². The number of hydrogen-bond acceptors (Lipinski definition) is 4. The SMILES string of the molecule is CC1(C)CC(N(Cc2ncc[nH]2)c2ccc(F)cc2)c2cc(C#N)ccc2O1. The van der Waals surface area contributed by atoms with Crippen LogP contribution in [0.5, 0.6) is 5.75 Å². The summed E-state index contributed by atoms with van der Waals surface area (Å²) >= 11 is 0. The number of fused-ring (bicyclic) bond motifs is 1. The summed E-state index contributed by atoms with van der Waals surface area (Å²) in [7, 11) is 0. The Morgan fingerprint density at radius 3 is 2.75 bits per heavy atom. The number of nitrogens with one attached hydrogen (secondary N) is 1. The number of imidazole rings is 1. The fourth-order valence-corrected chi connectivity index (χ4v) is 3.72. The number of anilines is 1. The topological polar surface area (TPSA) is 64.9 Å². The zero-order valence-electron chi connectivity index (χ0n) is 15.8.